The summed E-state index contributed by atoms with van der Waals surface area (Å²) in [5.74, 6) is -0.905. The van der Waals surface area contributed by atoms with Crippen LogP contribution in [-0.4, -0.2) is 19.0 Å². The van der Waals surface area contributed by atoms with Gasteiger partial charge in [0, 0.05) is 12.0 Å². The maximum absolute atomic E-state index is 11.1. The van der Waals surface area contributed by atoms with Gasteiger partial charge in [-0.05, 0) is 17.7 Å². The average molecular weight is 219 g/mol. The molecule has 0 saturated heterocycles. The zero-order valence-electron chi connectivity index (χ0n) is 9.03. The van der Waals surface area contributed by atoms with Gasteiger partial charge in [-0.15, -0.1) is 0 Å². The van der Waals surface area contributed by atoms with Crippen molar-refractivity contribution in [3.63, 3.8) is 0 Å². The summed E-state index contributed by atoms with van der Waals surface area (Å²) in [6.45, 7) is 3.56. The van der Waals surface area contributed by atoms with Crippen LogP contribution in [0.25, 0.3) is 0 Å². The molecule has 4 nitrogen and oxygen atoms in total. The predicted molar refractivity (Wildman–Crippen MR) is 59.8 cm³/mol. The van der Waals surface area contributed by atoms with Crippen molar-refractivity contribution in [1.82, 2.24) is 0 Å². The number of carbonyl (C=O) groups excluding carboxylic acids is 2. The van der Waals surface area contributed by atoms with Crippen molar-refractivity contribution in [3.8, 4) is 0 Å². The largest absolute Gasteiger partial charge is 0.465 e. The molecule has 0 bridgehead atoms. The summed E-state index contributed by atoms with van der Waals surface area (Å²) in [5, 5.41) is 0. The van der Waals surface area contributed by atoms with Crippen molar-refractivity contribution in [2.45, 2.75) is 6.42 Å². The summed E-state index contributed by atoms with van der Waals surface area (Å²) < 4.78 is 4.56. The molecule has 0 atom stereocenters. The molecule has 1 amide bonds. The Morgan fingerprint density at radius 3 is 2.31 bits per heavy atom. The fourth-order valence-corrected chi connectivity index (χ4v) is 1.21. The molecule has 0 aliphatic rings. The fraction of sp³-hybridized carbons (Fsp3) is 0.167. The van der Waals surface area contributed by atoms with E-state index in [4.69, 9.17) is 5.73 Å². The summed E-state index contributed by atoms with van der Waals surface area (Å²) in [6, 6.07) is 6.74. The number of rotatable bonds is 4. The molecule has 0 radical (unpaired) electrons. The minimum absolute atomic E-state index is 0.339. The Morgan fingerprint density at radius 1 is 1.31 bits per heavy atom. The zero-order chi connectivity index (χ0) is 12.1. The van der Waals surface area contributed by atoms with E-state index >= 15 is 0 Å². The maximum Gasteiger partial charge on any atom is 0.337 e. The molecule has 0 unspecified atom stereocenters. The summed E-state index contributed by atoms with van der Waals surface area (Å²) in [6.07, 6.45) is 0.386. The van der Waals surface area contributed by atoms with E-state index in [0.29, 0.717) is 17.6 Å². The molecule has 0 saturated carbocycles. The van der Waals surface area contributed by atoms with Crippen molar-refractivity contribution >= 4 is 11.9 Å². The highest BCUT2D eigenvalue weighted by atomic mass is 16.5. The number of methoxy groups -OCH3 is 1. The van der Waals surface area contributed by atoms with Crippen LogP contribution in [-0.2, 0) is 16.0 Å². The Hall–Kier alpha value is -2.10. The van der Waals surface area contributed by atoms with Gasteiger partial charge in [0.2, 0.25) is 5.91 Å². The number of nitrogens with two attached hydrogens (primary N) is 1. The molecule has 0 spiro atoms. The van der Waals surface area contributed by atoms with Gasteiger partial charge in [0.1, 0.15) is 0 Å². The first-order chi connectivity index (χ1) is 7.54. The van der Waals surface area contributed by atoms with Gasteiger partial charge in [-0.1, -0.05) is 18.7 Å². The summed E-state index contributed by atoms with van der Waals surface area (Å²) in [4.78, 5) is 21.9. The van der Waals surface area contributed by atoms with E-state index in [1.165, 1.54) is 7.11 Å². The maximum atomic E-state index is 11.1. The van der Waals surface area contributed by atoms with Gasteiger partial charge in [-0.2, -0.15) is 0 Å². The Labute approximate surface area is 93.7 Å². The van der Waals surface area contributed by atoms with Crippen molar-refractivity contribution in [3.05, 3.63) is 47.5 Å². The Balaban J connectivity index is 2.76. The summed E-state index contributed by atoms with van der Waals surface area (Å²) in [5.41, 5.74) is 6.75. The highest BCUT2D eigenvalue weighted by molar-refractivity contribution is 5.92. The third-order valence-electron chi connectivity index (χ3n) is 2.14. The first-order valence-electron chi connectivity index (χ1n) is 4.69. The molecule has 84 valence electrons. The summed E-state index contributed by atoms with van der Waals surface area (Å²) in [7, 11) is 1.32. The normalized spacial score (nSPS) is 9.56. The lowest BCUT2D eigenvalue weighted by Crippen LogP contribution is -2.14. The SMILES string of the molecule is C=C(Cc1ccc(C(=O)OC)cc1)C(N)=O. The van der Waals surface area contributed by atoms with E-state index in [1.54, 1.807) is 24.3 Å². The van der Waals surface area contributed by atoms with Crippen LogP contribution in [0.1, 0.15) is 15.9 Å². The highest BCUT2D eigenvalue weighted by Crippen LogP contribution is 2.09. The quantitative estimate of drug-likeness (QED) is 0.608. The van der Waals surface area contributed by atoms with E-state index in [-0.39, 0.29) is 5.97 Å². The molecular weight excluding hydrogens is 206 g/mol. The number of primary amides is 1. The lowest BCUT2D eigenvalue weighted by molar-refractivity contribution is -0.114. The van der Waals surface area contributed by atoms with E-state index in [1.807, 2.05) is 0 Å². The van der Waals surface area contributed by atoms with Crippen molar-refractivity contribution in [2.75, 3.05) is 7.11 Å². The molecule has 0 fully saturated rings. The van der Waals surface area contributed by atoms with Crippen LogP contribution in [0.15, 0.2) is 36.4 Å². The van der Waals surface area contributed by atoms with Gasteiger partial charge in [0.05, 0.1) is 12.7 Å². The van der Waals surface area contributed by atoms with Gasteiger partial charge < -0.3 is 10.5 Å². The Morgan fingerprint density at radius 2 is 1.88 bits per heavy atom. The van der Waals surface area contributed by atoms with Crippen molar-refractivity contribution in [2.24, 2.45) is 5.73 Å². The number of esters is 1. The van der Waals surface area contributed by atoms with Crippen molar-refractivity contribution < 1.29 is 14.3 Å². The molecule has 0 aliphatic carbocycles. The van der Waals surface area contributed by atoms with E-state index in [9.17, 15) is 9.59 Å². The molecule has 1 aromatic rings. The lowest BCUT2D eigenvalue weighted by Gasteiger charge is -2.03. The fourth-order valence-electron chi connectivity index (χ4n) is 1.21. The number of carbonyl (C=O) groups is 2. The van der Waals surface area contributed by atoms with E-state index < -0.39 is 5.91 Å². The van der Waals surface area contributed by atoms with Gasteiger partial charge in [-0.3, -0.25) is 4.79 Å². The minimum atomic E-state index is -0.517. The second kappa shape index (κ2) is 5.11. The molecule has 0 aliphatic heterocycles. The van der Waals surface area contributed by atoms with Crippen LogP contribution in [0.3, 0.4) is 0 Å². The number of benzene rings is 1. The van der Waals surface area contributed by atoms with E-state index in [0.717, 1.165) is 5.56 Å². The molecule has 4 heteroatoms. The smallest absolute Gasteiger partial charge is 0.337 e. The molecule has 1 aromatic carbocycles. The van der Waals surface area contributed by atoms with Crippen LogP contribution in [0, 0.1) is 0 Å². The van der Waals surface area contributed by atoms with Crippen LogP contribution in [0.2, 0.25) is 0 Å². The number of hydrogen-bond acceptors (Lipinski definition) is 3. The topological polar surface area (TPSA) is 69.4 Å². The molecule has 0 heterocycles. The highest BCUT2D eigenvalue weighted by Gasteiger charge is 2.06. The minimum Gasteiger partial charge on any atom is -0.465 e. The van der Waals surface area contributed by atoms with Crippen LogP contribution >= 0.6 is 0 Å². The van der Waals surface area contributed by atoms with Gasteiger partial charge in [0.25, 0.3) is 0 Å². The number of ether oxygens (including phenoxy) is 1. The molecule has 0 aromatic heterocycles. The molecule has 2 N–H and O–H groups in total. The number of hydrogen-bond donors (Lipinski definition) is 1. The predicted octanol–water partition coefficient (Wildman–Crippen LogP) is 1.06. The average Bonchev–Trinajstić information content (AvgIpc) is 2.28. The monoisotopic (exact) mass is 219 g/mol. The van der Waals surface area contributed by atoms with Gasteiger partial charge in [0.15, 0.2) is 0 Å². The number of amides is 1. The van der Waals surface area contributed by atoms with Crippen LogP contribution in [0.5, 0.6) is 0 Å². The lowest BCUT2D eigenvalue weighted by atomic mass is 10.0. The van der Waals surface area contributed by atoms with Gasteiger partial charge >= 0.3 is 5.97 Å². The third-order valence-corrected chi connectivity index (χ3v) is 2.14. The first-order valence-corrected chi connectivity index (χ1v) is 4.69. The standard InChI is InChI=1S/C12H13NO3/c1-8(11(13)14)7-9-3-5-10(6-4-9)12(15)16-2/h3-6H,1,7H2,2H3,(H2,13,14). The van der Waals surface area contributed by atoms with Crippen LogP contribution in [0.4, 0.5) is 0 Å². The Bertz CT molecular complexity index is 420. The third kappa shape index (κ3) is 2.95. The first kappa shape index (κ1) is 12.0. The second-order valence-corrected chi connectivity index (χ2v) is 3.33. The zero-order valence-corrected chi connectivity index (χ0v) is 9.03. The van der Waals surface area contributed by atoms with Crippen LogP contribution < -0.4 is 5.73 Å². The molecule has 1 rings (SSSR count). The Kier molecular flexibility index (Phi) is 3.83. The second-order valence-electron chi connectivity index (χ2n) is 3.33. The molecular formula is C12H13NO3. The van der Waals surface area contributed by atoms with Crippen molar-refractivity contribution in [1.29, 1.82) is 0 Å². The summed E-state index contributed by atoms with van der Waals surface area (Å²) >= 11 is 0. The van der Waals surface area contributed by atoms with E-state index in [2.05, 4.69) is 11.3 Å². The van der Waals surface area contributed by atoms with Gasteiger partial charge in [-0.25, -0.2) is 4.79 Å². The molecule has 16 heavy (non-hydrogen) atoms.